The topological polar surface area (TPSA) is 94.2 Å². The van der Waals surface area contributed by atoms with Crippen LogP contribution in [-0.4, -0.2) is 45.2 Å². The van der Waals surface area contributed by atoms with E-state index in [0.717, 1.165) is 0 Å². The van der Waals surface area contributed by atoms with Gasteiger partial charge in [-0.3, -0.25) is 9.59 Å². The number of hydrogen-bond acceptors (Lipinski definition) is 6. The number of hydrogen-bond donors (Lipinski definition) is 1. The quantitative estimate of drug-likeness (QED) is 0.703. The lowest BCUT2D eigenvalue weighted by Gasteiger charge is -2.20. The number of rotatable bonds is 7. The molecule has 3 rings (SSSR count). The van der Waals surface area contributed by atoms with Crippen molar-refractivity contribution in [3.05, 3.63) is 48.0 Å². The molecule has 2 amide bonds. The molecule has 1 fully saturated rings. The van der Waals surface area contributed by atoms with E-state index in [4.69, 9.17) is 14.2 Å². The van der Waals surface area contributed by atoms with Crippen LogP contribution >= 0.6 is 0 Å². The molecular formula is C22H24N2O6. The number of benzene rings is 2. The minimum Gasteiger partial charge on any atom is -0.497 e. The van der Waals surface area contributed by atoms with Gasteiger partial charge in [0.1, 0.15) is 11.5 Å². The Balaban J connectivity index is 1.73. The highest BCUT2D eigenvalue weighted by molar-refractivity contribution is 6.04. The van der Waals surface area contributed by atoms with E-state index >= 15 is 0 Å². The third-order valence-corrected chi connectivity index (χ3v) is 4.81. The first kappa shape index (κ1) is 21.2. The van der Waals surface area contributed by atoms with E-state index in [-0.39, 0.29) is 31.4 Å². The Hall–Kier alpha value is -3.55. The number of amides is 2. The first-order chi connectivity index (χ1) is 14.5. The summed E-state index contributed by atoms with van der Waals surface area (Å²) in [5.41, 5.74) is 1.37. The molecule has 30 heavy (non-hydrogen) atoms. The van der Waals surface area contributed by atoms with Gasteiger partial charge in [0.15, 0.2) is 0 Å². The van der Waals surface area contributed by atoms with Crippen LogP contribution in [0.3, 0.4) is 0 Å². The zero-order valence-electron chi connectivity index (χ0n) is 17.1. The summed E-state index contributed by atoms with van der Waals surface area (Å²) in [4.78, 5) is 38.8. The van der Waals surface area contributed by atoms with Gasteiger partial charge >= 0.3 is 5.97 Å². The van der Waals surface area contributed by atoms with Crippen LogP contribution in [0.4, 0.5) is 11.4 Å². The summed E-state index contributed by atoms with van der Waals surface area (Å²) in [5.74, 6) is -0.370. The molecule has 0 unspecified atom stereocenters. The highest BCUT2D eigenvalue weighted by atomic mass is 16.5. The second-order valence-corrected chi connectivity index (χ2v) is 6.73. The Kier molecular flexibility index (Phi) is 6.56. The second-order valence-electron chi connectivity index (χ2n) is 6.73. The lowest BCUT2D eigenvalue weighted by Crippen LogP contribution is -2.28. The fraction of sp³-hybridized carbons (Fsp3) is 0.318. The van der Waals surface area contributed by atoms with Crippen molar-refractivity contribution in [1.82, 2.24) is 0 Å². The molecule has 0 aliphatic carbocycles. The standard InChI is InChI=1S/C22H24N2O6/c1-4-30-22(27)14-6-5-7-16(10-14)23-21(26)15-11-20(25)24(13-15)18-12-17(28-2)8-9-19(18)29-3/h5-10,12,15H,4,11,13H2,1-3H3,(H,23,26)/t15-/m1/s1. The lowest BCUT2D eigenvalue weighted by molar-refractivity contribution is -0.122. The normalized spacial score (nSPS) is 15.6. The Morgan fingerprint density at radius 2 is 1.93 bits per heavy atom. The fourth-order valence-corrected chi connectivity index (χ4v) is 3.31. The predicted molar refractivity (Wildman–Crippen MR) is 111 cm³/mol. The van der Waals surface area contributed by atoms with Crippen molar-refractivity contribution in [3.8, 4) is 11.5 Å². The van der Waals surface area contributed by atoms with Crippen molar-refractivity contribution < 1.29 is 28.6 Å². The minimum atomic E-state index is -0.542. The molecule has 0 aromatic heterocycles. The zero-order chi connectivity index (χ0) is 21.7. The van der Waals surface area contributed by atoms with Crippen molar-refractivity contribution >= 4 is 29.2 Å². The molecular weight excluding hydrogens is 388 g/mol. The molecule has 8 heteroatoms. The minimum absolute atomic E-state index is 0.0732. The highest BCUT2D eigenvalue weighted by Gasteiger charge is 2.36. The Morgan fingerprint density at radius 3 is 2.63 bits per heavy atom. The molecule has 0 radical (unpaired) electrons. The van der Waals surface area contributed by atoms with Crippen LogP contribution in [0, 0.1) is 5.92 Å². The van der Waals surface area contributed by atoms with Gasteiger partial charge in [-0.05, 0) is 37.3 Å². The first-order valence-corrected chi connectivity index (χ1v) is 9.57. The van der Waals surface area contributed by atoms with E-state index < -0.39 is 11.9 Å². The van der Waals surface area contributed by atoms with Crippen molar-refractivity contribution in [2.24, 2.45) is 5.92 Å². The summed E-state index contributed by atoms with van der Waals surface area (Å²) in [6.45, 7) is 2.21. The molecule has 0 spiro atoms. The molecule has 0 saturated carbocycles. The van der Waals surface area contributed by atoms with Gasteiger partial charge in [-0.1, -0.05) is 6.07 Å². The summed E-state index contributed by atoms with van der Waals surface area (Å²) in [7, 11) is 3.06. The summed E-state index contributed by atoms with van der Waals surface area (Å²) < 4.78 is 15.6. The summed E-state index contributed by atoms with van der Waals surface area (Å²) in [5, 5.41) is 2.78. The first-order valence-electron chi connectivity index (χ1n) is 9.57. The van der Waals surface area contributed by atoms with Crippen LogP contribution in [0.15, 0.2) is 42.5 Å². The number of anilines is 2. The van der Waals surface area contributed by atoms with E-state index in [2.05, 4.69) is 5.32 Å². The molecule has 1 aliphatic heterocycles. The average molecular weight is 412 g/mol. The second kappa shape index (κ2) is 9.30. The number of carbonyl (C=O) groups excluding carboxylic acids is 3. The van der Waals surface area contributed by atoms with Gasteiger partial charge in [0.2, 0.25) is 11.8 Å². The van der Waals surface area contributed by atoms with Crippen LogP contribution in [-0.2, 0) is 14.3 Å². The number of nitrogens with one attached hydrogen (secondary N) is 1. The third-order valence-electron chi connectivity index (χ3n) is 4.81. The van der Waals surface area contributed by atoms with Gasteiger partial charge in [-0.2, -0.15) is 0 Å². The number of methoxy groups -OCH3 is 2. The maximum atomic E-state index is 12.8. The van der Waals surface area contributed by atoms with Crippen LogP contribution < -0.4 is 19.7 Å². The van der Waals surface area contributed by atoms with Gasteiger partial charge in [-0.25, -0.2) is 4.79 Å². The number of esters is 1. The van der Waals surface area contributed by atoms with Gasteiger partial charge in [0.25, 0.3) is 0 Å². The molecule has 158 valence electrons. The van der Waals surface area contributed by atoms with E-state index in [1.54, 1.807) is 49.4 Å². The van der Waals surface area contributed by atoms with E-state index in [1.807, 2.05) is 0 Å². The summed E-state index contributed by atoms with van der Waals surface area (Å²) >= 11 is 0. The van der Waals surface area contributed by atoms with Crippen LogP contribution in [0.2, 0.25) is 0 Å². The van der Waals surface area contributed by atoms with Gasteiger partial charge in [0, 0.05) is 24.7 Å². The largest absolute Gasteiger partial charge is 0.497 e. The maximum absolute atomic E-state index is 12.8. The molecule has 0 bridgehead atoms. The lowest BCUT2D eigenvalue weighted by atomic mass is 10.1. The van der Waals surface area contributed by atoms with Crippen LogP contribution in [0.25, 0.3) is 0 Å². The van der Waals surface area contributed by atoms with E-state index in [0.29, 0.717) is 28.4 Å². The molecule has 1 N–H and O–H groups in total. The van der Waals surface area contributed by atoms with Crippen molar-refractivity contribution in [1.29, 1.82) is 0 Å². The zero-order valence-corrected chi connectivity index (χ0v) is 17.1. The SMILES string of the molecule is CCOC(=O)c1cccc(NC(=O)[C@@H]2CC(=O)N(c3cc(OC)ccc3OC)C2)c1. The molecule has 1 heterocycles. The number of nitrogens with zero attached hydrogens (tertiary/aromatic N) is 1. The van der Waals surface area contributed by atoms with E-state index in [9.17, 15) is 14.4 Å². The van der Waals surface area contributed by atoms with Gasteiger partial charge < -0.3 is 24.4 Å². The average Bonchev–Trinajstić information content (AvgIpc) is 3.15. The molecule has 1 aliphatic rings. The Morgan fingerprint density at radius 1 is 1.13 bits per heavy atom. The molecule has 2 aromatic rings. The van der Waals surface area contributed by atoms with Crippen LogP contribution in [0.1, 0.15) is 23.7 Å². The summed E-state index contributed by atoms with van der Waals surface area (Å²) in [6, 6.07) is 11.7. The predicted octanol–water partition coefficient (Wildman–Crippen LogP) is 2.87. The smallest absolute Gasteiger partial charge is 0.338 e. The Labute approximate surface area is 174 Å². The molecule has 8 nitrogen and oxygen atoms in total. The highest BCUT2D eigenvalue weighted by Crippen LogP contribution is 2.36. The van der Waals surface area contributed by atoms with Gasteiger partial charge in [-0.15, -0.1) is 0 Å². The number of carbonyl (C=O) groups is 3. The molecule has 2 aromatic carbocycles. The fourth-order valence-electron chi connectivity index (χ4n) is 3.31. The number of ether oxygens (including phenoxy) is 3. The van der Waals surface area contributed by atoms with E-state index in [1.165, 1.54) is 19.1 Å². The summed E-state index contributed by atoms with van der Waals surface area (Å²) in [6.07, 6.45) is 0.0732. The van der Waals surface area contributed by atoms with Crippen LogP contribution in [0.5, 0.6) is 11.5 Å². The van der Waals surface area contributed by atoms with Crippen molar-refractivity contribution in [2.45, 2.75) is 13.3 Å². The maximum Gasteiger partial charge on any atom is 0.338 e. The monoisotopic (exact) mass is 412 g/mol. The molecule has 1 saturated heterocycles. The van der Waals surface area contributed by atoms with Gasteiger partial charge in [0.05, 0.1) is 38.0 Å². The van der Waals surface area contributed by atoms with Crippen molar-refractivity contribution in [3.63, 3.8) is 0 Å². The molecule has 1 atom stereocenters. The van der Waals surface area contributed by atoms with Crippen molar-refractivity contribution in [2.75, 3.05) is 37.6 Å². The third kappa shape index (κ3) is 4.53. The Bertz CT molecular complexity index is 958.